The molecule has 2 amide bonds. The Morgan fingerprint density at radius 1 is 1.47 bits per heavy atom. The molecule has 0 spiro atoms. The maximum absolute atomic E-state index is 11.5. The third-order valence-electron chi connectivity index (χ3n) is 3.10. The molecule has 0 bridgehead atoms. The summed E-state index contributed by atoms with van der Waals surface area (Å²) in [6.45, 7) is 5.41. The van der Waals surface area contributed by atoms with Crippen LogP contribution in [-0.4, -0.2) is 40.8 Å². The lowest BCUT2D eigenvalue weighted by atomic mass is 10.1. The van der Waals surface area contributed by atoms with E-state index in [-0.39, 0.29) is 24.4 Å². The highest BCUT2D eigenvalue weighted by atomic mass is 16.2. The van der Waals surface area contributed by atoms with Gasteiger partial charge < -0.3 is 5.32 Å². The van der Waals surface area contributed by atoms with Crippen LogP contribution in [0.2, 0.25) is 0 Å². The van der Waals surface area contributed by atoms with E-state index in [9.17, 15) is 9.59 Å². The lowest BCUT2D eigenvalue weighted by molar-refractivity contribution is -0.139. The molecule has 2 rings (SSSR count). The number of aromatic nitrogens is 1. The molecule has 0 radical (unpaired) electrons. The van der Waals surface area contributed by atoms with E-state index in [2.05, 4.69) is 15.6 Å². The minimum atomic E-state index is -0.300. The fourth-order valence-electron chi connectivity index (χ4n) is 2.00. The number of piperazine rings is 1. The van der Waals surface area contributed by atoms with Crippen molar-refractivity contribution in [3.8, 4) is 0 Å². The number of carbonyl (C=O) groups is 2. The highest BCUT2D eigenvalue weighted by molar-refractivity contribution is 6.00. The predicted molar refractivity (Wildman–Crippen MR) is 71.4 cm³/mol. The van der Waals surface area contributed by atoms with Crippen LogP contribution in [0.1, 0.15) is 19.4 Å². The van der Waals surface area contributed by atoms with E-state index in [1.54, 1.807) is 13.1 Å². The third kappa shape index (κ3) is 3.29. The Labute approximate surface area is 112 Å². The van der Waals surface area contributed by atoms with Gasteiger partial charge in [0.15, 0.2) is 0 Å². The zero-order valence-corrected chi connectivity index (χ0v) is 11.1. The fraction of sp³-hybridized carbons (Fsp3) is 0.462. The number of pyridine rings is 1. The van der Waals surface area contributed by atoms with Crippen molar-refractivity contribution >= 4 is 17.6 Å². The molecule has 0 aromatic carbocycles. The second kappa shape index (κ2) is 5.79. The van der Waals surface area contributed by atoms with Crippen LogP contribution in [0.5, 0.6) is 0 Å². The van der Waals surface area contributed by atoms with Gasteiger partial charge in [0, 0.05) is 19.3 Å². The van der Waals surface area contributed by atoms with Crippen LogP contribution in [0, 0.1) is 0 Å². The highest BCUT2D eigenvalue weighted by Crippen LogP contribution is 2.12. The van der Waals surface area contributed by atoms with Gasteiger partial charge in [0.2, 0.25) is 11.8 Å². The SMILES string of the molecule is CCNc1ccc(CN2CC(=O)NC(=O)C2C)cn1. The lowest BCUT2D eigenvalue weighted by Crippen LogP contribution is -2.56. The summed E-state index contributed by atoms with van der Waals surface area (Å²) >= 11 is 0. The van der Waals surface area contributed by atoms with Crippen LogP contribution in [0.4, 0.5) is 5.82 Å². The van der Waals surface area contributed by atoms with E-state index in [1.807, 2.05) is 24.0 Å². The van der Waals surface area contributed by atoms with Crippen molar-refractivity contribution in [2.24, 2.45) is 0 Å². The topological polar surface area (TPSA) is 74.3 Å². The lowest BCUT2D eigenvalue weighted by Gasteiger charge is -2.31. The molecule has 0 aliphatic carbocycles. The molecule has 1 saturated heterocycles. The third-order valence-corrected chi connectivity index (χ3v) is 3.10. The van der Waals surface area contributed by atoms with E-state index in [4.69, 9.17) is 0 Å². The molecule has 0 saturated carbocycles. The first-order valence-corrected chi connectivity index (χ1v) is 6.36. The van der Waals surface area contributed by atoms with Crippen LogP contribution < -0.4 is 10.6 Å². The van der Waals surface area contributed by atoms with Crippen LogP contribution >= 0.6 is 0 Å². The Bertz CT molecular complexity index is 472. The van der Waals surface area contributed by atoms with Gasteiger partial charge in [0.1, 0.15) is 5.82 Å². The Morgan fingerprint density at radius 3 is 2.89 bits per heavy atom. The first-order chi connectivity index (χ1) is 9.10. The minimum Gasteiger partial charge on any atom is -0.370 e. The maximum Gasteiger partial charge on any atom is 0.243 e. The summed E-state index contributed by atoms with van der Waals surface area (Å²) in [6.07, 6.45) is 1.77. The average molecular weight is 262 g/mol. The first-order valence-electron chi connectivity index (χ1n) is 6.36. The first kappa shape index (κ1) is 13.5. The number of hydrogen-bond acceptors (Lipinski definition) is 5. The molecule has 1 unspecified atom stereocenters. The van der Waals surface area contributed by atoms with Crippen LogP contribution in [0.15, 0.2) is 18.3 Å². The number of nitrogens with zero attached hydrogens (tertiary/aromatic N) is 2. The van der Waals surface area contributed by atoms with Crippen molar-refractivity contribution < 1.29 is 9.59 Å². The Hall–Kier alpha value is -1.95. The van der Waals surface area contributed by atoms with E-state index in [1.165, 1.54) is 0 Å². The van der Waals surface area contributed by atoms with Gasteiger partial charge in [-0.05, 0) is 25.5 Å². The summed E-state index contributed by atoms with van der Waals surface area (Å²) in [6, 6.07) is 3.55. The molecule has 102 valence electrons. The number of imide groups is 1. The molecule has 2 N–H and O–H groups in total. The monoisotopic (exact) mass is 262 g/mol. The quantitative estimate of drug-likeness (QED) is 0.766. The molecule has 1 aromatic rings. The summed E-state index contributed by atoms with van der Waals surface area (Å²) in [4.78, 5) is 29.0. The normalized spacial score (nSPS) is 20.2. The predicted octanol–water partition coefficient (Wildman–Crippen LogP) is 0.360. The average Bonchev–Trinajstić information content (AvgIpc) is 2.38. The Kier molecular flexibility index (Phi) is 4.11. The molecule has 19 heavy (non-hydrogen) atoms. The standard InChI is InChI=1S/C13H18N4O2/c1-3-14-11-5-4-10(6-15-11)7-17-8-12(18)16-13(19)9(17)2/h4-6,9H,3,7-8H2,1-2H3,(H,14,15)(H,16,18,19). The fourth-order valence-corrected chi connectivity index (χ4v) is 2.00. The van der Waals surface area contributed by atoms with Crippen LogP contribution in [0.3, 0.4) is 0 Å². The second-order valence-electron chi connectivity index (χ2n) is 4.58. The number of amides is 2. The maximum atomic E-state index is 11.5. The van der Waals surface area contributed by atoms with Crippen molar-refractivity contribution in [1.82, 2.24) is 15.2 Å². The number of rotatable bonds is 4. The van der Waals surface area contributed by atoms with Gasteiger partial charge in [-0.3, -0.25) is 19.8 Å². The van der Waals surface area contributed by atoms with E-state index in [0.29, 0.717) is 6.54 Å². The summed E-state index contributed by atoms with van der Waals surface area (Å²) in [5.41, 5.74) is 0.982. The van der Waals surface area contributed by atoms with Gasteiger partial charge in [0.25, 0.3) is 0 Å². The Morgan fingerprint density at radius 2 is 2.26 bits per heavy atom. The number of hydrogen-bond donors (Lipinski definition) is 2. The van der Waals surface area contributed by atoms with Gasteiger partial charge in [-0.15, -0.1) is 0 Å². The molecule has 6 heteroatoms. The minimum absolute atomic E-state index is 0.238. The summed E-state index contributed by atoms with van der Waals surface area (Å²) in [7, 11) is 0. The van der Waals surface area contributed by atoms with Gasteiger partial charge in [-0.25, -0.2) is 4.98 Å². The van der Waals surface area contributed by atoms with Crippen molar-refractivity contribution in [3.05, 3.63) is 23.9 Å². The van der Waals surface area contributed by atoms with Crippen molar-refractivity contribution in [3.63, 3.8) is 0 Å². The van der Waals surface area contributed by atoms with Gasteiger partial charge in [-0.2, -0.15) is 0 Å². The number of anilines is 1. The zero-order valence-electron chi connectivity index (χ0n) is 11.1. The molecule has 1 fully saturated rings. The number of carbonyl (C=O) groups excluding carboxylic acids is 2. The van der Waals surface area contributed by atoms with Crippen molar-refractivity contribution in [2.75, 3.05) is 18.4 Å². The summed E-state index contributed by atoms with van der Waals surface area (Å²) in [5, 5.41) is 5.44. The smallest absolute Gasteiger partial charge is 0.243 e. The molecule has 1 atom stereocenters. The zero-order chi connectivity index (χ0) is 13.8. The van der Waals surface area contributed by atoms with Gasteiger partial charge in [0.05, 0.1) is 12.6 Å². The number of nitrogens with one attached hydrogen (secondary N) is 2. The van der Waals surface area contributed by atoms with Gasteiger partial charge in [-0.1, -0.05) is 6.07 Å². The molecular formula is C13H18N4O2. The van der Waals surface area contributed by atoms with Gasteiger partial charge >= 0.3 is 0 Å². The second-order valence-corrected chi connectivity index (χ2v) is 4.58. The molecule has 1 aromatic heterocycles. The summed E-state index contributed by atoms with van der Waals surface area (Å²) < 4.78 is 0. The van der Waals surface area contributed by atoms with E-state index < -0.39 is 0 Å². The van der Waals surface area contributed by atoms with E-state index >= 15 is 0 Å². The molecule has 2 heterocycles. The molecule has 1 aliphatic rings. The largest absolute Gasteiger partial charge is 0.370 e. The van der Waals surface area contributed by atoms with E-state index in [0.717, 1.165) is 17.9 Å². The molecule has 1 aliphatic heterocycles. The van der Waals surface area contributed by atoms with Crippen molar-refractivity contribution in [1.29, 1.82) is 0 Å². The molecule has 6 nitrogen and oxygen atoms in total. The van der Waals surface area contributed by atoms with Crippen LogP contribution in [0.25, 0.3) is 0 Å². The Balaban J connectivity index is 2.03. The van der Waals surface area contributed by atoms with Crippen LogP contribution in [-0.2, 0) is 16.1 Å². The summed E-state index contributed by atoms with van der Waals surface area (Å²) in [5.74, 6) is 0.334. The molecular weight excluding hydrogens is 244 g/mol. The van der Waals surface area contributed by atoms with Crippen molar-refractivity contribution in [2.45, 2.75) is 26.4 Å². The highest BCUT2D eigenvalue weighted by Gasteiger charge is 2.29.